The Bertz CT molecular complexity index is 862. The minimum atomic E-state index is -0.358. The third-order valence-corrected chi connectivity index (χ3v) is 6.32. The van der Waals surface area contributed by atoms with E-state index in [1.807, 2.05) is 6.07 Å². The fourth-order valence-electron chi connectivity index (χ4n) is 4.68. The fourth-order valence-corrected chi connectivity index (χ4v) is 4.85. The number of thiocarbonyl (C=S) groups is 1. The highest BCUT2D eigenvalue weighted by Crippen LogP contribution is 2.44. The van der Waals surface area contributed by atoms with Crippen LogP contribution in [0.3, 0.4) is 0 Å². The minimum Gasteiger partial charge on any atom is -0.364 e. The quantitative estimate of drug-likeness (QED) is 0.431. The number of fused-ring (bicyclic) bond motifs is 1. The van der Waals surface area contributed by atoms with Crippen molar-refractivity contribution in [2.24, 2.45) is 0 Å². The van der Waals surface area contributed by atoms with Crippen molar-refractivity contribution in [1.82, 2.24) is 9.80 Å². The van der Waals surface area contributed by atoms with E-state index in [-0.39, 0.29) is 28.0 Å². The molecule has 0 N–H and O–H groups in total. The van der Waals surface area contributed by atoms with Gasteiger partial charge in [0.05, 0.1) is 0 Å². The van der Waals surface area contributed by atoms with Crippen molar-refractivity contribution in [3.8, 4) is 0 Å². The van der Waals surface area contributed by atoms with E-state index in [0.717, 1.165) is 12.0 Å². The molecule has 5 nitrogen and oxygen atoms in total. The van der Waals surface area contributed by atoms with E-state index in [4.69, 9.17) is 12.2 Å². The van der Waals surface area contributed by atoms with Crippen molar-refractivity contribution < 1.29 is 9.59 Å². The van der Waals surface area contributed by atoms with E-state index in [2.05, 4.69) is 51.7 Å². The van der Waals surface area contributed by atoms with Gasteiger partial charge in [-0.3, -0.25) is 19.4 Å². The molecule has 1 fully saturated rings. The van der Waals surface area contributed by atoms with Crippen LogP contribution in [-0.2, 0) is 9.59 Å². The fraction of sp³-hybridized carbons (Fsp3) is 0.500. The zero-order valence-electron chi connectivity index (χ0n) is 17.7. The highest BCUT2D eigenvalue weighted by molar-refractivity contribution is 7.80. The molecule has 6 heteroatoms. The second-order valence-corrected chi connectivity index (χ2v) is 9.13. The zero-order chi connectivity index (χ0) is 21.0. The lowest BCUT2D eigenvalue weighted by Gasteiger charge is -2.50. The van der Waals surface area contributed by atoms with Gasteiger partial charge >= 0.3 is 0 Å². The molecule has 1 saturated heterocycles. The summed E-state index contributed by atoms with van der Waals surface area (Å²) in [6, 6.07) is 6.61. The van der Waals surface area contributed by atoms with E-state index in [1.165, 1.54) is 21.1 Å². The minimum absolute atomic E-state index is 0.0803. The number of amides is 2. The van der Waals surface area contributed by atoms with Crippen LogP contribution in [0, 0.1) is 0 Å². The summed E-state index contributed by atoms with van der Waals surface area (Å²) in [5.74, 6) is -0.318. The summed E-state index contributed by atoms with van der Waals surface area (Å²) in [6.07, 6.45) is 2.74. The molecule has 1 aromatic rings. The Hall–Kier alpha value is -2.21. The summed E-state index contributed by atoms with van der Waals surface area (Å²) in [4.78, 5) is 30.3. The average Bonchev–Trinajstić information content (AvgIpc) is 2.61. The largest absolute Gasteiger partial charge is 0.364 e. The van der Waals surface area contributed by atoms with Gasteiger partial charge in [-0.05, 0) is 81.6 Å². The first kappa shape index (κ1) is 20.5. The van der Waals surface area contributed by atoms with E-state index >= 15 is 0 Å². The Morgan fingerprint density at radius 3 is 2.25 bits per heavy atom. The van der Waals surface area contributed by atoms with Gasteiger partial charge < -0.3 is 4.90 Å². The maximum absolute atomic E-state index is 12.6. The Morgan fingerprint density at radius 2 is 1.71 bits per heavy atom. The summed E-state index contributed by atoms with van der Waals surface area (Å²) < 4.78 is 0. The van der Waals surface area contributed by atoms with E-state index in [1.54, 1.807) is 20.2 Å². The molecule has 1 unspecified atom stereocenters. The molecule has 0 aliphatic carbocycles. The molecule has 2 aliphatic heterocycles. The normalized spacial score (nSPS) is 22.1. The van der Waals surface area contributed by atoms with Gasteiger partial charge in [0.2, 0.25) is 0 Å². The van der Waals surface area contributed by atoms with Crippen LogP contribution < -0.4 is 4.90 Å². The second-order valence-electron chi connectivity index (χ2n) is 8.77. The van der Waals surface area contributed by atoms with Gasteiger partial charge in [0.1, 0.15) is 5.57 Å². The molecule has 28 heavy (non-hydrogen) atoms. The first-order valence-corrected chi connectivity index (χ1v) is 10.1. The van der Waals surface area contributed by atoms with Gasteiger partial charge in [0.25, 0.3) is 11.8 Å². The number of nitrogens with zero attached hydrogens (tertiary/aromatic N) is 3. The lowest BCUT2D eigenvalue weighted by molar-refractivity contribution is -0.132. The average molecular weight is 400 g/mol. The third kappa shape index (κ3) is 3.24. The van der Waals surface area contributed by atoms with Crippen LogP contribution in [0.15, 0.2) is 23.8 Å². The number of hydrogen-bond donors (Lipinski definition) is 0. The van der Waals surface area contributed by atoms with Gasteiger partial charge in [-0.25, -0.2) is 0 Å². The highest BCUT2D eigenvalue weighted by atomic mass is 32.1. The molecule has 2 amide bonds. The molecule has 2 aliphatic rings. The molecule has 1 aromatic carbocycles. The monoisotopic (exact) mass is 399 g/mol. The Kier molecular flexibility index (Phi) is 5.13. The van der Waals surface area contributed by atoms with Gasteiger partial charge in [-0.1, -0.05) is 13.0 Å². The zero-order valence-corrected chi connectivity index (χ0v) is 18.6. The number of benzene rings is 1. The summed E-state index contributed by atoms with van der Waals surface area (Å²) >= 11 is 5.15. The van der Waals surface area contributed by atoms with Crippen molar-refractivity contribution in [1.29, 1.82) is 0 Å². The lowest BCUT2D eigenvalue weighted by Crippen LogP contribution is -2.52. The van der Waals surface area contributed by atoms with Crippen molar-refractivity contribution in [3.05, 3.63) is 34.9 Å². The maximum atomic E-state index is 12.6. The van der Waals surface area contributed by atoms with Crippen LogP contribution in [0.4, 0.5) is 5.69 Å². The topological polar surface area (TPSA) is 43.9 Å². The Labute approximate surface area is 173 Å². The number of hydrogen-bond acceptors (Lipinski definition) is 4. The number of rotatable bonds is 2. The summed E-state index contributed by atoms with van der Waals surface area (Å²) in [5.41, 5.74) is 3.58. The molecular formula is C22H29N3O2S. The Balaban J connectivity index is 2.06. The van der Waals surface area contributed by atoms with Crippen molar-refractivity contribution >= 4 is 40.9 Å². The van der Waals surface area contributed by atoms with Crippen molar-refractivity contribution in [2.45, 2.75) is 58.5 Å². The molecule has 0 radical (unpaired) electrons. The number of anilines is 1. The standard InChI is InChI=1S/C22H29N3O2S/c1-13(2)25-18-9-8-15(10-16(18)14(3)12-22(25,4)5)11-17-19(26)23(6)21(28)24(7)20(17)27/h8-11,13-14H,12H2,1-7H3. The van der Waals surface area contributed by atoms with Crippen molar-refractivity contribution in [3.63, 3.8) is 0 Å². The highest BCUT2D eigenvalue weighted by Gasteiger charge is 2.38. The molecule has 0 spiro atoms. The first-order valence-electron chi connectivity index (χ1n) is 9.70. The van der Waals surface area contributed by atoms with Gasteiger partial charge in [0.15, 0.2) is 5.11 Å². The predicted octanol–water partition coefficient (Wildman–Crippen LogP) is 3.79. The van der Waals surface area contributed by atoms with Gasteiger partial charge in [-0.15, -0.1) is 0 Å². The number of carbonyl (C=O) groups is 2. The predicted molar refractivity (Wildman–Crippen MR) is 117 cm³/mol. The van der Waals surface area contributed by atoms with Crippen molar-refractivity contribution in [2.75, 3.05) is 19.0 Å². The van der Waals surface area contributed by atoms with E-state index in [9.17, 15) is 9.59 Å². The first-order chi connectivity index (χ1) is 13.0. The third-order valence-electron chi connectivity index (χ3n) is 5.77. The number of likely N-dealkylation sites (N-methyl/N-ethyl adjacent to an activating group) is 2. The molecule has 1 atom stereocenters. The van der Waals surface area contributed by atoms with Crippen LogP contribution in [-0.4, -0.2) is 52.4 Å². The van der Waals surface area contributed by atoms with Crippen LogP contribution >= 0.6 is 12.2 Å². The molecule has 0 bridgehead atoms. The summed E-state index contributed by atoms with van der Waals surface area (Å²) in [7, 11) is 3.19. The van der Waals surface area contributed by atoms with Gasteiger partial charge in [0, 0.05) is 31.4 Å². The molecule has 0 saturated carbocycles. The maximum Gasteiger partial charge on any atom is 0.265 e. The molecule has 3 rings (SSSR count). The van der Waals surface area contributed by atoms with Crippen LogP contribution in [0.25, 0.3) is 6.08 Å². The SMILES string of the molecule is CC1CC(C)(C)N(C(C)C)c2ccc(C=C3C(=O)N(C)C(=S)N(C)C3=O)cc21. The summed E-state index contributed by atoms with van der Waals surface area (Å²) in [5, 5.41) is 0.223. The Morgan fingerprint density at radius 1 is 1.14 bits per heavy atom. The van der Waals surface area contributed by atoms with E-state index < -0.39 is 0 Å². The second kappa shape index (κ2) is 6.99. The van der Waals surface area contributed by atoms with Crippen LogP contribution in [0.1, 0.15) is 58.1 Å². The molecule has 2 heterocycles. The van der Waals surface area contributed by atoms with Crippen LogP contribution in [0.2, 0.25) is 0 Å². The lowest BCUT2D eigenvalue weighted by atomic mass is 9.78. The summed E-state index contributed by atoms with van der Waals surface area (Å²) in [6.45, 7) is 11.2. The molecule has 150 valence electrons. The van der Waals surface area contributed by atoms with Crippen LogP contribution in [0.5, 0.6) is 0 Å². The number of carbonyl (C=O) groups excluding carboxylic acids is 2. The molecular weight excluding hydrogens is 370 g/mol. The smallest absolute Gasteiger partial charge is 0.265 e. The van der Waals surface area contributed by atoms with E-state index in [0.29, 0.717) is 12.0 Å². The van der Waals surface area contributed by atoms with Gasteiger partial charge in [-0.2, -0.15) is 0 Å². The molecule has 0 aromatic heterocycles.